The van der Waals surface area contributed by atoms with E-state index in [1.807, 2.05) is 6.07 Å². The lowest BCUT2D eigenvalue weighted by molar-refractivity contribution is 0.102. The first-order valence-corrected chi connectivity index (χ1v) is 7.31. The molecule has 3 nitrogen and oxygen atoms in total. The molecule has 0 aliphatic rings. The Morgan fingerprint density at radius 3 is 2.55 bits per heavy atom. The quantitative estimate of drug-likeness (QED) is 0.720. The van der Waals surface area contributed by atoms with Crippen LogP contribution in [0.5, 0.6) is 0 Å². The van der Waals surface area contributed by atoms with Gasteiger partial charge in [-0.25, -0.2) is 0 Å². The molecule has 2 rings (SSSR count). The summed E-state index contributed by atoms with van der Waals surface area (Å²) < 4.78 is 0.874. The van der Waals surface area contributed by atoms with Crippen molar-refractivity contribution in [1.29, 1.82) is 5.26 Å². The largest absolute Gasteiger partial charge is 0.322 e. The second kappa shape index (κ2) is 6.44. The predicted octanol–water partition coefficient (Wildman–Crippen LogP) is 4.72. The van der Waals surface area contributed by atoms with Crippen LogP contribution >= 0.6 is 45.8 Å². The zero-order valence-corrected chi connectivity index (χ0v) is 13.6. The lowest BCUT2D eigenvalue weighted by Gasteiger charge is -2.07. The third kappa shape index (κ3) is 3.42. The molecule has 0 atom stereocenters. The normalized spacial score (nSPS) is 9.90. The summed E-state index contributed by atoms with van der Waals surface area (Å²) in [5.74, 6) is -0.297. The number of anilines is 1. The van der Waals surface area contributed by atoms with E-state index in [-0.39, 0.29) is 5.91 Å². The molecule has 2 aromatic carbocycles. The molecule has 2 aromatic rings. The zero-order valence-electron chi connectivity index (χ0n) is 9.95. The van der Waals surface area contributed by atoms with E-state index in [2.05, 4.69) is 27.9 Å². The molecule has 0 radical (unpaired) electrons. The summed E-state index contributed by atoms with van der Waals surface area (Å²) in [6.45, 7) is 0. The number of carbonyl (C=O) groups is 1. The van der Waals surface area contributed by atoms with Crippen molar-refractivity contribution in [2.75, 3.05) is 5.32 Å². The number of nitriles is 1. The molecule has 0 aromatic heterocycles. The maximum absolute atomic E-state index is 12.1. The summed E-state index contributed by atoms with van der Waals surface area (Å²) in [5.41, 5.74) is 1.26. The highest BCUT2D eigenvalue weighted by atomic mass is 127. The predicted molar refractivity (Wildman–Crippen MR) is 88.3 cm³/mol. The average Bonchev–Trinajstić information content (AvgIpc) is 2.43. The van der Waals surface area contributed by atoms with Crippen LogP contribution in [0.15, 0.2) is 36.4 Å². The van der Waals surface area contributed by atoms with Gasteiger partial charge in [0.15, 0.2) is 0 Å². The van der Waals surface area contributed by atoms with Crippen molar-refractivity contribution < 1.29 is 4.79 Å². The number of hydrogen-bond donors (Lipinski definition) is 1. The Morgan fingerprint density at radius 1 is 1.15 bits per heavy atom. The van der Waals surface area contributed by atoms with Crippen LogP contribution in [0.3, 0.4) is 0 Å². The van der Waals surface area contributed by atoms with Crippen molar-refractivity contribution in [2.24, 2.45) is 0 Å². The zero-order chi connectivity index (χ0) is 14.7. The molecule has 100 valence electrons. The summed E-state index contributed by atoms with van der Waals surface area (Å²) in [5, 5.41) is 12.5. The number of amides is 1. The van der Waals surface area contributed by atoms with Gasteiger partial charge in [0.1, 0.15) is 6.07 Å². The Balaban J connectivity index is 2.23. The van der Waals surface area contributed by atoms with E-state index in [4.69, 9.17) is 28.5 Å². The van der Waals surface area contributed by atoms with Gasteiger partial charge in [-0.15, -0.1) is 0 Å². The van der Waals surface area contributed by atoms with Crippen LogP contribution in [0.2, 0.25) is 10.0 Å². The van der Waals surface area contributed by atoms with Gasteiger partial charge in [0.2, 0.25) is 0 Å². The van der Waals surface area contributed by atoms with E-state index in [0.29, 0.717) is 26.9 Å². The summed E-state index contributed by atoms with van der Waals surface area (Å²) >= 11 is 13.9. The van der Waals surface area contributed by atoms with Crippen LogP contribution in [0.1, 0.15) is 15.9 Å². The van der Waals surface area contributed by atoms with Gasteiger partial charge in [0.05, 0.1) is 15.6 Å². The number of benzene rings is 2. The van der Waals surface area contributed by atoms with Crippen LogP contribution < -0.4 is 5.32 Å². The number of nitrogens with zero attached hydrogens (tertiary/aromatic N) is 1. The first-order chi connectivity index (χ1) is 9.51. The van der Waals surface area contributed by atoms with Crippen LogP contribution in [0, 0.1) is 14.9 Å². The molecule has 1 amide bonds. The Bertz CT molecular complexity index is 726. The molecule has 1 N–H and O–H groups in total. The summed E-state index contributed by atoms with van der Waals surface area (Å²) in [6, 6.07) is 11.7. The van der Waals surface area contributed by atoms with Gasteiger partial charge in [-0.05, 0) is 59.0 Å². The number of nitrogens with one attached hydrogen (secondary N) is 1. The van der Waals surface area contributed by atoms with Gasteiger partial charge < -0.3 is 5.32 Å². The first-order valence-electron chi connectivity index (χ1n) is 5.47. The molecule has 0 saturated heterocycles. The van der Waals surface area contributed by atoms with E-state index in [0.717, 1.165) is 3.57 Å². The highest BCUT2D eigenvalue weighted by molar-refractivity contribution is 14.1. The fourth-order valence-corrected chi connectivity index (χ4v) is 2.21. The minimum absolute atomic E-state index is 0.297. The summed E-state index contributed by atoms with van der Waals surface area (Å²) in [4.78, 5) is 12.1. The number of rotatable bonds is 2. The van der Waals surface area contributed by atoms with Gasteiger partial charge in [0.25, 0.3) is 5.91 Å². The van der Waals surface area contributed by atoms with Crippen molar-refractivity contribution in [3.63, 3.8) is 0 Å². The fraction of sp³-hybridized carbons (Fsp3) is 0. The maximum Gasteiger partial charge on any atom is 0.255 e. The monoisotopic (exact) mass is 416 g/mol. The lowest BCUT2D eigenvalue weighted by Crippen LogP contribution is -2.12. The number of halogens is 3. The topological polar surface area (TPSA) is 52.9 Å². The Morgan fingerprint density at radius 2 is 1.90 bits per heavy atom. The van der Waals surface area contributed by atoms with Crippen molar-refractivity contribution in [2.45, 2.75) is 0 Å². The number of hydrogen-bond acceptors (Lipinski definition) is 2. The molecular weight excluding hydrogens is 410 g/mol. The van der Waals surface area contributed by atoms with Gasteiger partial charge in [-0.3, -0.25) is 4.79 Å². The standard InChI is InChI=1S/C14H7Cl2IN2O/c15-11-3-2-10(5-9(11)7-18)19-14(20)8-1-4-13(17)12(16)6-8/h1-6H,(H,19,20). The maximum atomic E-state index is 12.1. The third-order valence-corrected chi connectivity index (χ3v) is 4.43. The SMILES string of the molecule is N#Cc1cc(NC(=O)c2ccc(I)c(Cl)c2)ccc1Cl. The molecule has 0 saturated carbocycles. The summed E-state index contributed by atoms with van der Waals surface area (Å²) in [7, 11) is 0. The summed E-state index contributed by atoms with van der Waals surface area (Å²) in [6.07, 6.45) is 0. The highest BCUT2D eigenvalue weighted by Crippen LogP contribution is 2.22. The molecule has 0 spiro atoms. The van der Waals surface area contributed by atoms with Gasteiger partial charge in [-0.2, -0.15) is 5.26 Å². The Kier molecular flexibility index (Phi) is 4.86. The second-order valence-electron chi connectivity index (χ2n) is 3.89. The van der Waals surface area contributed by atoms with E-state index >= 15 is 0 Å². The van der Waals surface area contributed by atoms with Crippen molar-refractivity contribution in [1.82, 2.24) is 0 Å². The molecule has 20 heavy (non-hydrogen) atoms. The van der Waals surface area contributed by atoms with Crippen LogP contribution in [0.25, 0.3) is 0 Å². The van der Waals surface area contributed by atoms with Crippen LogP contribution in [0.4, 0.5) is 5.69 Å². The lowest BCUT2D eigenvalue weighted by atomic mass is 10.2. The van der Waals surface area contributed by atoms with Gasteiger partial charge in [-0.1, -0.05) is 23.2 Å². The van der Waals surface area contributed by atoms with Gasteiger partial charge in [0, 0.05) is 14.8 Å². The van der Waals surface area contributed by atoms with Crippen LogP contribution in [-0.2, 0) is 0 Å². The molecule has 0 heterocycles. The molecule has 0 aliphatic heterocycles. The first kappa shape index (κ1) is 15.1. The van der Waals surface area contributed by atoms with E-state index in [9.17, 15) is 4.79 Å². The van der Waals surface area contributed by atoms with Crippen molar-refractivity contribution >= 4 is 57.4 Å². The van der Waals surface area contributed by atoms with E-state index in [1.165, 1.54) is 6.07 Å². The van der Waals surface area contributed by atoms with Crippen molar-refractivity contribution in [3.05, 3.63) is 61.1 Å². The molecule has 0 unspecified atom stereocenters. The molecule has 6 heteroatoms. The Labute approximate surface area is 139 Å². The van der Waals surface area contributed by atoms with Crippen molar-refractivity contribution in [3.8, 4) is 6.07 Å². The smallest absolute Gasteiger partial charge is 0.255 e. The minimum atomic E-state index is -0.297. The van der Waals surface area contributed by atoms with E-state index < -0.39 is 0 Å². The second-order valence-corrected chi connectivity index (χ2v) is 5.87. The highest BCUT2D eigenvalue weighted by Gasteiger charge is 2.09. The van der Waals surface area contributed by atoms with E-state index in [1.54, 1.807) is 30.3 Å². The van der Waals surface area contributed by atoms with Gasteiger partial charge >= 0.3 is 0 Å². The molecular formula is C14H7Cl2IN2O. The average molecular weight is 417 g/mol. The molecule has 0 bridgehead atoms. The minimum Gasteiger partial charge on any atom is -0.322 e. The number of carbonyl (C=O) groups excluding carboxylic acids is 1. The Hall–Kier alpha value is -1.29. The third-order valence-electron chi connectivity index (χ3n) is 2.53. The van der Waals surface area contributed by atoms with Crippen LogP contribution in [-0.4, -0.2) is 5.91 Å². The molecule has 0 aliphatic carbocycles. The molecule has 0 fully saturated rings. The fourth-order valence-electron chi connectivity index (χ4n) is 1.53.